The molecule has 0 saturated heterocycles. The van der Waals surface area contributed by atoms with Crippen LogP contribution in [-0.4, -0.2) is 22.1 Å². The molecule has 0 saturated carbocycles. The van der Waals surface area contributed by atoms with Gasteiger partial charge in [0, 0.05) is 0 Å². The van der Waals surface area contributed by atoms with Gasteiger partial charge in [-0.3, -0.25) is 0 Å². The maximum atomic E-state index is 13.1. The summed E-state index contributed by atoms with van der Waals surface area (Å²) in [5.41, 5.74) is 0.318. The quantitative estimate of drug-likeness (QED) is 0.698. The van der Waals surface area contributed by atoms with E-state index >= 15 is 0 Å². The van der Waals surface area contributed by atoms with Crippen LogP contribution < -0.4 is 0 Å². The molecule has 0 bridgehead atoms. The van der Waals surface area contributed by atoms with Crippen molar-refractivity contribution in [1.29, 1.82) is 5.26 Å². The van der Waals surface area contributed by atoms with E-state index in [2.05, 4.69) is 12.6 Å². The predicted molar refractivity (Wildman–Crippen MR) is 60.6 cm³/mol. The van der Waals surface area contributed by atoms with Crippen molar-refractivity contribution in [3.05, 3.63) is 35.1 Å². The number of thiol groups is 1. The number of hydrogen-bond donors (Lipinski definition) is 3. The molecule has 1 aromatic carbocycles. The molecule has 0 spiro atoms. The molecule has 5 heteroatoms. The van der Waals surface area contributed by atoms with Crippen molar-refractivity contribution in [2.75, 3.05) is 5.75 Å². The van der Waals surface area contributed by atoms with Crippen LogP contribution in [0.25, 0.3) is 0 Å². The average molecular weight is 241 g/mol. The van der Waals surface area contributed by atoms with Crippen LogP contribution >= 0.6 is 12.6 Å². The summed E-state index contributed by atoms with van der Waals surface area (Å²) in [6.45, 7) is 0. The molecule has 16 heavy (non-hydrogen) atoms. The third kappa shape index (κ3) is 3.20. The van der Waals surface area contributed by atoms with Crippen LogP contribution in [0.5, 0.6) is 0 Å². The maximum Gasteiger partial charge on any atom is 0.124 e. The first-order chi connectivity index (χ1) is 7.58. The minimum Gasteiger partial charge on any atom is -0.390 e. The first kappa shape index (κ1) is 13.0. The first-order valence-corrected chi connectivity index (χ1v) is 5.39. The number of aliphatic hydroxyl groups excluding tert-OH is 2. The van der Waals surface area contributed by atoms with Crippen LogP contribution in [0.1, 0.15) is 23.7 Å². The molecular weight excluding hydrogens is 229 g/mol. The molecule has 0 aromatic heterocycles. The van der Waals surface area contributed by atoms with Crippen molar-refractivity contribution >= 4 is 12.6 Å². The fourth-order valence-electron chi connectivity index (χ4n) is 1.36. The Labute approximate surface area is 98.6 Å². The van der Waals surface area contributed by atoms with Gasteiger partial charge in [-0.05, 0) is 35.9 Å². The number of nitrogens with zero attached hydrogens (tertiary/aromatic N) is 1. The van der Waals surface area contributed by atoms with E-state index in [4.69, 9.17) is 5.26 Å². The van der Waals surface area contributed by atoms with E-state index in [1.807, 2.05) is 0 Å². The van der Waals surface area contributed by atoms with Gasteiger partial charge in [-0.25, -0.2) is 4.39 Å². The van der Waals surface area contributed by atoms with E-state index in [1.165, 1.54) is 6.07 Å². The molecule has 2 atom stereocenters. The molecule has 0 amide bonds. The van der Waals surface area contributed by atoms with Crippen LogP contribution in [0.3, 0.4) is 0 Å². The van der Waals surface area contributed by atoms with Crippen LogP contribution in [0.4, 0.5) is 4.39 Å². The molecule has 86 valence electrons. The SMILES string of the molecule is N#Cc1cc(F)cc(C(O)C(O)CCS)c1. The van der Waals surface area contributed by atoms with E-state index in [9.17, 15) is 14.6 Å². The van der Waals surface area contributed by atoms with Gasteiger partial charge < -0.3 is 10.2 Å². The smallest absolute Gasteiger partial charge is 0.124 e. The summed E-state index contributed by atoms with van der Waals surface area (Å²) in [7, 11) is 0. The standard InChI is InChI=1S/C11H12FNO2S/c12-9-4-7(6-13)3-8(5-9)11(15)10(14)1-2-16/h3-5,10-11,14-16H,1-2H2. The molecular formula is C11H12FNO2S. The minimum absolute atomic E-state index is 0.118. The average Bonchev–Trinajstić information content (AvgIpc) is 2.27. The normalized spacial score (nSPS) is 14.2. The largest absolute Gasteiger partial charge is 0.390 e. The van der Waals surface area contributed by atoms with Gasteiger partial charge in [0.2, 0.25) is 0 Å². The number of halogens is 1. The van der Waals surface area contributed by atoms with Gasteiger partial charge in [-0.1, -0.05) is 0 Å². The number of benzene rings is 1. The zero-order valence-electron chi connectivity index (χ0n) is 8.47. The summed E-state index contributed by atoms with van der Waals surface area (Å²) in [5.74, 6) is -0.190. The van der Waals surface area contributed by atoms with E-state index in [-0.39, 0.29) is 11.1 Å². The molecule has 0 radical (unpaired) electrons. The van der Waals surface area contributed by atoms with E-state index in [0.717, 1.165) is 12.1 Å². The van der Waals surface area contributed by atoms with Gasteiger partial charge in [-0.2, -0.15) is 17.9 Å². The van der Waals surface area contributed by atoms with Crippen LogP contribution in [-0.2, 0) is 0 Å². The summed E-state index contributed by atoms with van der Waals surface area (Å²) in [6.07, 6.45) is -1.91. The molecule has 2 N–H and O–H groups in total. The Morgan fingerprint density at radius 3 is 2.62 bits per heavy atom. The lowest BCUT2D eigenvalue weighted by Gasteiger charge is -2.17. The Morgan fingerprint density at radius 1 is 1.38 bits per heavy atom. The summed E-state index contributed by atoms with van der Waals surface area (Å²) >= 11 is 3.93. The second-order valence-corrected chi connectivity index (χ2v) is 3.86. The van der Waals surface area contributed by atoms with Gasteiger partial charge in [0.05, 0.1) is 17.7 Å². The fraction of sp³-hybridized carbons (Fsp3) is 0.364. The summed E-state index contributed by atoms with van der Waals surface area (Å²) in [6, 6.07) is 5.32. The minimum atomic E-state index is -1.20. The zero-order chi connectivity index (χ0) is 12.1. The molecule has 2 unspecified atom stereocenters. The van der Waals surface area contributed by atoms with Crippen LogP contribution in [0.2, 0.25) is 0 Å². The van der Waals surface area contributed by atoms with Gasteiger partial charge in [-0.15, -0.1) is 0 Å². The molecule has 0 aliphatic carbocycles. The van der Waals surface area contributed by atoms with Crippen LogP contribution in [0.15, 0.2) is 18.2 Å². The lowest BCUT2D eigenvalue weighted by atomic mass is 10.0. The summed E-state index contributed by atoms with van der Waals surface area (Å²) in [4.78, 5) is 0. The second kappa shape index (κ2) is 5.85. The maximum absolute atomic E-state index is 13.1. The van der Waals surface area contributed by atoms with Crippen LogP contribution in [0, 0.1) is 17.1 Å². The van der Waals surface area contributed by atoms with E-state index in [1.54, 1.807) is 6.07 Å². The third-order valence-electron chi connectivity index (χ3n) is 2.18. The summed E-state index contributed by atoms with van der Waals surface area (Å²) in [5, 5.41) is 27.9. The van der Waals surface area contributed by atoms with Gasteiger partial charge in [0.1, 0.15) is 11.9 Å². The third-order valence-corrected chi connectivity index (χ3v) is 2.44. The molecule has 0 aliphatic heterocycles. The molecule has 3 nitrogen and oxygen atoms in total. The zero-order valence-corrected chi connectivity index (χ0v) is 9.36. The number of aliphatic hydroxyl groups is 2. The molecule has 0 heterocycles. The van der Waals surface area contributed by atoms with Crippen molar-refractivity contribution in [1.82, 2.24) is 0 Å². The highest BCUT2D eigenvalue weighted by Gasteiger charge is 2.18. The number of hydrogen-bond acceptors (Lipinski definition) is 4. The number of nitriles is 1. The number of rotatable bonds is 4. The summed E-state index contributed by atoms with van der Waals surface area (Å²) < 4.78 is 13.1. The second-order valence-electron chi connectivity index (χ2n) is 3.41. The van der Waals surface area contributed by atoms with Crippen molar-refractivity contribution in [3.8, 4) is 6.07 Å². The first-order valence-electron chi connectivity index (χ1n) is 4.76. The van der Waals surface area contributed by atoms with E-state index < -0.39 is 18.0 Å². The monoisotopic (exact) mass is 241 g/mol. The van der Waals surface area contributed by atoms with Crippen molar-refractivity contribution in [3.63, 3.8) is 0 Å². The fourth-order valence-corrected chi connectivity index (χ4v) is 1.62. The Hall–Kier alpha value is -1.09. The van der Waals surface area contributed by atoms with E-state index in [0.29, 0.717) is 12.2 Å². The Balaban J connectivity index is 2.95. The lowest BCUT2D eigenvalue weighted by molar-refractivity contribution is 0.0171. The Bertz CT molecular complexity index is 405. The lowest BCUT2D eigenvalue weighted by Crippen LogP contribution is -2.18. The highest BCUT2D eigenvalue weighted by molar-refractivity contribution is 7.80. The molecule has 1 rings (SSSR count). The topological polar surface area (TPSA) is 64.2 Å². The highest BCUT2D eigenvalue weighted by Crippen LogP contribution is 2.21. The van der Waals surface area contributed by atoms with Crippen molar-refractivity contribution in [2.45, 2.75) is 18.6 Å². The van der Waals surface area contributed by atoms with Crippen molar-refractivity contribution in [2.24, 2.45) is 0 Å². The highest BCUT2D eigenvalue weighted by atomic mass is 32.1. The molecule has 1 aromatic rings. The van der Waals surface area contributed by atoms with Gasteiger partial charge in [0.25, 0.3) is 0 Å². The molecule has 0 aliphatic rings. The molecule has 0 fully saturated rings. The Kier molecular flexibility index (Phi) is 4.74. The van der Waals surface area contributed by atoms with Gasteiger partial charge in [0.15, 0.2) is 0 Å². The van der Waals surface area contributed by atoms with Gasteiger partial charge >= 0.3 is 0 Å². The van der Waals surface area contributed by atoms with Crippen molar-refractivity contribution < 1.29 is 14.6 Å². The predicted octanol–water partition coefficient (Wildman–Crippen LogP) is 1.41. The Morgan fingerprint density at radius 2 is 2.06 bits per heavy atom.